The highest BCUT2D eigenvalue weighted by atomic mass is 35.5. The van der Waals surface area contributed by atoms with E-state index in [0.29, 0.717) is 0 Å². The maximum Gasteiger partial charge on any atom is -0.00462 e. The average molecular weight is 348 g/mol. The standard InChI is InChI=1S/C21H45N.ClH/c1-4-7-10-11-12-15-17-20(16-13-8-5-2)21(19-22)18-14-9-6-3;/h20-21H,4-19,22H2,1-3H3;1H. The molecule has 0 saturated carbocycles. The zero-order chi connectivity index (χ0) is 16.5. The number of hydrogen-bond donors (Lipinski definition) is 1. The van der Waals surface area contributed by atoms with E-state index in [-0.39, 0.29) is 12.4 Å². The molecule has 0 radical (unpaired) electrons. The lowest BCUT2D eigenvalue weighted by Crippen LogP contribution is -2.24. The van der Waals surface area contributed by atoms with Gasteiger partial charge in [-0.3, -0.25) is 0 Å². The second-order valence-corrected chi connectivity index (χ2v) is 7.30. The highest BCUT2D eigenvalue weighted by molar-refractivity contribution is 5.85. The number of nitrogens with two attached hydrogens (primary N) is 1. The van der Waals surface area contributed by atoms with Crippen LogP contribution in [-0.4, -0.2) is 6.54 Å². The largest absolute Gasteiger partial charge is 0.330 e. The second kappa shape index (κ2) is 20.3. The van der Waals surface area contributed by atoms with Gasteiger partial charge in [0, 0.05) is 0 Å². The van der Waals surface area contributed by atoms with Crippen LogP contribution in [0.3, 0.4) is 0 Å². The van der Waals surface area contributed by atoms with Crippen LogP contribution in [0.5, 0.6) is 0 Å². The van der Waals surface area contributed by atoms with Crippen molar-refractivity contribution >= 4 is 12.4 Å². The molecule has 23 heavy (non-hydrogen) atoms. The van der Waals surface area contributed by atoms with Crippen LogP contribution in [0.25, 0.3) is 0 Å². The summed E-state index contributed by atoms with van der Waals surface area (Å²) in [5, 5.41) is 0. The molecular weight excluding hydrogens is 302 g/mol. The predicted octanol–water partition coefficient (Wildman–Crippen LogP) is 7.51. The van der Waals surface area contributed by atoms with Gasteiger partial charge in [-0.15, -0.1) is 12.4 Å². The zero-order valence-corrected chi connectivity index (χ0v) is 17.3. The average Bonchev–Trinajstić information content (AvgIpc) is 2.54. The molecule has 142 valence electrons. The normalized spacial score (nSPS) is 13.6. The van der Waals surface area contributed by atoms with E-state index in [2.05, 4.69) is 20.8 Å². The van der Waals surface area contributed by atoms with E-state index < -0.39 is 0 Å². The van der Waals surface area contributed by atoms with Crippen molar-refractivity contribution in [2.24, 2.45) is 17.6 Å². The summed E-state index contributed by atoms with van der Waals surface area (Å²) in [6, 6.07) is 0. The summed E-state index contributed by atoms with van der Waals surface area (Å²) in [6.45, 7) is 7.82. The van der Waals surface area contributed by atoms with Gasteiger partial charge in [0.15, 0.2) is 0 Å². The van der Waals surface area contributed by atoms with Gasteiger partial charge in [-0.25, -0.2) is 0 Å². The van der Waals surface area contributed by atoms with E-state index in [0.717, 1.165) is 18.4 Å². The van der Waals surface area contributed by atoms with Crippen molar-refractivity contribution in [1.82, 2.24) is 0 Å². The van der Waals surface area contributed by atoms with Crippen LogP contribution >= 0.6 is 12.4 Å². The van der Waals surface area contributed by atoms with Gasteiger partial charge in [-0.05, 0) is 24.8 Å². The van der Waals surface area contributed by atoms with Crippen LogP contribution in [0, 0.1) is 11.8 Å². The molecule has 0 aromatic carbocycles. The second-order valence-electron chi connectivity index (χ2n) is 7.30. The Bertz CT molecular complexity index is 208. The van der Waals surface area contributed by atoms with E-state index in [1.165, 1.54) is 96.3 Å². The SMILES string of the molecule is CCCCCCCCC(CCCCC)C(CN)CCCCC.Cl. The summed E-state index contributed by atoms with van der Waals surface area (Å²) < 4.78 is 0. The van der Waals surface area contributed by atoms with Crippen LogP contribution < -0.4 is 5.73 Å². The first-order chi connectivity index (χ1) is 10.8. The van der Waals surface area contributed by atoms with Gasteiger partial charge in [0.05, 0.1) is 0 Å². The van der Waals surface area contributed by atoms with E-state index in [1.807, 2.05) is 0 Å². The molecule has 0 fully saturated rings. The molecule has 2 heteroatoms. The Hall–Kier alpha value is 0.250. The Balaban J connectivity index is 0. The molecule has 2 unspecified atom stereocenters. The lowest BCUT2D eigenvalue weighted by molar-refractivity contribution is 0.263. The Kier molecular flexibility index (Phi) is 22.5. The van der Waals surface area contributed by atoms with Gasteiger partial charge in [0.1, 0.15) is 0 Å². The van der Waals surface area contributed by atoms with E-state index >= 15 is 0 Å². The van der Waals surface area contributed by atoms with Crippen molar-refractivity contribution in [2.45, 2.75) is 117 Å². The molecule has 0 spiro atoms. The van der Waals surface area contributed by atoms with Crippen molar-refractivity contribution in [3.05, 3.63) is 0 Å². The van der Waals surface area contributed by atoms with Gasteiger partial charge in [0.2, 0.25) is 0 Å². The van der Waals surface area contributed by atoms with E-state index in [1.54, 1.807) is 0 Å². The van der Waals surface area contributed by atoms with Crippen LogP contribution in [0.2, 0.25) is 0 Å². The fourth-order valence-corrected chi connectivity index (χ4v) is 3.66. The fourth-order valence-electron chi connectivity index (χ4n) is 3.66. The lowest BCUT2D eigenvalue weighted by atomic mass is 9.81. The predicted molar refractivity (Wildman–Crippen MR) is 110 cm³/mol. The molecule has 1 nitrogen and oxygen atoms in total. The topological polar surface area (TPSA) is 26.0 Å². The van der Waals surface area contributed by atoms with Crippen LogP contribution in [0.4, 0.5) is 0 Å². The maximum absolute atomic E-state index is 6.13. The molecule has 2 atom stereocenters. The van der Waals surface area contributed by atoms with Gasteiger partial charge in [-0.2, -0.15) is 0 Å². The molecular formula is C21H46ClN. The Labute approximate surface area is 154 Å². The van der Waals surface area contributed by atoms with Crippen molar-refractivity contribution in [1.29, 1.82) is 0 Å². The summed E-state index contributed by atoms with van der Waals surface area (Å²) in [7, 11) is 0. The molecule has 0 aromatic rings. The first-order valence-electron chi connectivity index (χ1n) is 10.5. The number of unbranched alkanes of at least 4 members (excludes halogenated alkanes) is 9. The van der Waals surface area contributed by atoms with Crippen molar-refractivity contribution in [2.75, 3.05) is 6.54 Å². The highest BCUT2D eigenvalue weighted by Crippen LogP contribution is 2.29. The summed E-state index contributed by atoms with van der Waals surface area (Å²) in [4.78, 5) is 0. The molecule has 0 amide bonds. The van der Waals surface area contributed by atoms with Crippen molar-refractivity contribution in [3.63, 3.8) is 0 Å². The van der Waals surface area contributed by atoms with Crippen molar-refractivity contribution in [3.8, 4) is 0 Å². The number of rotatable bonds is 17. The molecule has 0 rings (SSSR count). The third-order valence-electron chi connectivity index (χ3n) is 5.25. The molecule has 0 aliphatic rings. The smallest absolute Gasteiger partial charge is 0.00462 e. The fraction of sp³-hybridized carbons (Fsp3) is 1.00. The van der Waals surface area contributed by atoms with Crippen LogP contribution in [0.15, 0.2) is 0 Å². The van der Waals surface area contributed by atoms with Gasteiger partial charge < -0.3 is 5.73 Å². The Morgan fingerprint density at radius 3 is 1.35 bits per heavy atom. The molecule has 0 heterocycles. The quantitative estimate of drug-likeness (QED) is 0.270. The first kappa shape index (κ1) is 25.5. The summed E-state index contributed by atoms with van der Waals surface area (Å²) in [6.07, 6.45) is 21.0. The molecule has 0 bridgehead atoms. The molecule has 0 saturated heterocycles. The summed E-state index contributed by atoms with van der Waals surface area (Å²) >= 11 is 0. The maximum atomic E-state index is 6.13. The molecule has 0 aromatic heterocycles. The lowest BCUT2D eigenvalue weighted by Gasteiger charge is -2.26. The molecule has 0 aliphatic heterocycles. The van der Waals surface area contributed by atoms with Gasteiger partial charge in [0.25, 0.3) is 0 Å². The monoisotopic (exact) mass is 347 g/mol. The third kappa shape index (κ3) is 15.5. The van der Waals surface area contributed by atoms with Gasteiger partial charge >= 0.3 is 0 Å². The molecule has 2 N–H and O–H groups in total. The summed E-state index contributed by atoms with van der Waals surface area (Å²) in [5.74, 6) is 1.69. The van der Waals surface area contributed by atoms with Crippen LogP contribution in [-0.2, 0) is 0 Å². The molecule has 0 aliphatic carbocycles. The number of hydrogen-bond acceptors (Lipinski definition) is 1. The minimum absolute atomic E-state index is 0. The summed E-state index contributed by atoms with van der Waals surface area (Å²) in [5.41, 5.74) is 6.13. The Morgan fingerprint density at radius 2 is 0.870 bits per heavy atom. The van der Waals surface area contributed by atoms with Crippen LogP contribution in [0.1, 0.15) is 117 Å². The van der Waals surface area contributed by atoms with E-state index in [4.69, 9.17) is 5.73 Å². The number of halogens is 1. The first-order valence-corrected chi connectivity index (χ1v) is 10.5. The minimum Gasteiger partial charge on any atom is -0.330 e. The minimum atomic E-state index is 0. The zero-order valence-electron chi connectivity index (χ0n) is 16.5. The van der Waals surface area contributed by atoms with E-state index in [9.17, 15) is 0 Å². The Morgan fingerprint density at radius 1 is 0.522 bits per heavy atom. The third-order valence-corrected chi connectivity index (χ3v) is 5.25. The highest BCUT2D eigenvalue weighted by Gasteiger charge is 2.19. The van der Waals surface area contributed by atoms with Crippen molar-refractivity contribution < 1.29 is 0 Å². The van der Waals surface area contributed by atoms with Gasteiger partial charge in [-0.1, -0.05) is 111 Å².